The van der Waals surface area contributed by atoms with Crippen LogP contribution in [0, 0.1) is 5.92 Å². The van der Waals surface area contributed by atoms with Crippen molar-refractivity contribution in [1.29, 1.82) is 0 Å². The van der Waals surface area contributed by atoms with Crippen LogP contribution >= 0.6 is 0 Å². The van der Waals surface area contributed by atoms with Gasteiger partial charge in [-0.25, -0.2) is 8.42 Å². The van der Waals surface area contributed by atoms with Gasteiger partial charge in [-0.2, -0.15) is 4.31 Å². The number of hydrogen-bond acceptors (Lipinski definition) is 4. The molecule has 0 saturated carbocycles. The first-order valence-corrected chi connectivity index (χ1v) is 9.01. The second kappa shape index (κ2) is 7.95. The molecule has 1 atom stereocenters. The Labute approximate surface area is 122 Å². The summed E-state index contributed by atoms with van der Waals surface area (Å²) in [7, 11) is -3.14. The molecule has 0 bridgehead atoms. The molecule has 0 aliphatic carbocycles. The van der Waals surface area contributed by atoms with Crippen LogP contribution in [0.3, 0.4) is 0 Å². The molecule has 1 heterocycles. The number of amides is 1. The van der Waals surface area contributed by atoms with Crippen LogP contribution in [-0.2, 0) is 14.8 Å². The molecule has 20 heavy (non-hydrogen) atoms. The van der Waals surface area contributed by atoms with E-state index in [1.807, 2.05) is 13.8 Å². The quantitative estimate of drug-likeness (QED) is 0.730. The normalized spacial score (nSPS) is 19.1. The molecule has 1 unspecified atom stereocenters. The Morgan fingerprint density at radius 2 is 1.80 bits per heavy atom. The fourth-order valence-electron chi connectivity index (χ4n) is 2.37. The molecule has 1 saturated heterocycles. The summed E-state index contributed by atoms with van der Waals surface area (Å²) in [6, 6.07) is 0. The van der Waals surface area contributed by atoms with E-state index < -0.39 is 10.0 Å². The van der Waals surface area contributed by atoms with Gasteiger partial charge >= 0.3 is 0 Å². The molecule has 1 fully saturated rings. The third-order valence-electron chi connectivity index (χ3n) is 3.82. The van der Waals surface area contributed by atoms with Gasteiger partial charge in [-0.3, -0.25) is 4.79 Å². The lowest BCUT2D eigenvalue weighted by Gasteiger charge is -2.34. The number of hydrogen-bond donors (Lipinski definition) is 1. The zero-order valence-electron chi connectivity index (χ0n) is 12.5. The zero-order chi connectivity index (χ0) is 15.2. The van der Waals surface area contributed by atoms with E-state index in [4.69, 9.17) is 5.73 Å². The Bertz CT molecular complexity index is 399. The van der Waals surface area contributed by atoms with Crippen LogP contribution in [0.4, 0.5) is 0 Å². The number of nitrogens with zero attached hydrogens (tertiary/aromatic N) is 2. The number of carbonyl (C=O) groups excluding carboxylic acids is 1. The molecule has 1 amide bonds. The fourth-order valence-corrected chi connectivity index (χ4v) is 3.87. The highest BCUT2D eigenvalue weighted by molar-refractivity contribution is 7.89. The van der Waals surface area contributed by atoms with Crippen LogP contribution < -0.4 is 5.73 Å². The number of rotatable bonds is 7. The predicted octanol–water partition coefficient (Wildman–Crippen LogP) is 0.245. The lowest BCUT2D eigenvalue weighted by Crippen LogP contribution is -2.51. The van der Waals surface area contributed by atoms with E-state index in [1.54, 1.807) is 4.90 Å². The van der Waals surface area contributed by atoms with Crippen LogP contribution in [0.25, 0.3) is 0 Å². The summed E-state index contributed by atoms with van der Waals surface area (Å²) in [6.07, 6.45) is 1.98. The molecule has 0 aromatic rings. The predicted molar refractivity (Wildman–Crippen MR) is 79.7 cm³/mol. The topological polar surface area (TPSA) is 83.7 Å². The summed E-state index contributed by atoms with van der Waals surface area (Å²) >= 11 is 0. The first-order valence-electron chi connectivity index (χ1n) is 7.40. The van der Waals surface area contributed by atoms with Gasteiger partial charge in [0.05, 0.1) is 5.75 Å². The van der Waals surface area contributed by atoms with Crippen molar-refractivity contribution < 1.29 is 13.2 Å². The third-order valence-corrected chi connectivity index (χ3v) is 5.90. The highest BCUT2D eigenvalue weighted by Gasteiger charge is 2.28. The molecule has 7 heteroatoms. The van der Waals surface area contributed by atoms with Gasteiger partial charge in [-0.1, -0.05) is 20.3 Å². The summed E-state index contributed by atoms with van der Waals surface area (Å²) in [5, 5.41) is 0. The van der Waals surface area contributed by atoms with Crippen LogP contribution in [0.15, 0.2) is 0 Å². The zero-order valence-corrected chi connectivity index (χ0v) is 13.4. The van der Waals surface area contributed by atoms with Gasteiger partial charge in [0.1, 0.15) is 0 Å². The fraction of sp³-hybridized carbons (Fsp3) is 0.923. The van der Waals surface area contributed by atoms with E-state index >= 15 is 0 Å². The average Bonchev–Trinajstić information content (AvgIpc) is 2.44. The first-order chi connectivity index (χ1) is 9.44. The molecule has 1 rings (SSSR count). The Hall–Kier alpha value is -0.660. The van der Waals surface area contributed by atoms with Crippen LogP contribution in [-0.4, -0.2) is 62.0 Å². The minimum atomic E-state index is -3.14. The molecular weight excluding hydrogens is 278 g/mol. The molecule has 0 radical (unpaired) electrons. The Morgan fingerprint density at radius 3 is 2.25 bits per heavy atom. The van der Waals surface area contributed by atoms with E-state index in [0.29, 0.717) is 45.6 Å². The van der Waals surface area contributed by atoms with Gasteiger partial charge in [0.15, 0.2) is 0 Å². The van der Waals surface area contributed by atoms with Gasteiger partial charge in [-0.15, -0.1) is 0 Å². The SMILES string of the molecule is CCCS(=O)(=O)N1CCN(C(=O)CC(CC)CN)CC1. The Kier molecular flexibility index (Phi) is 6.91. The average molecular weight is 305 g/mol. The number of nitrogens with two attached hydrogens (primary N) is 1. The van der Waals surface area contributed by atoms with Crippen molar-refractivity contribution >= 4 is 15.9 Å². The van der Waals surface area contributed by atoms with E-state index in [1.165, 1.54) is 4.31 Å². The minimum absolute atomic E-state index is 0.0924. The summed E-state index contributed by atoms with van der Waals surface area (Å²) in [5.41, 5.74) is 5.62. The Morgan fingerprint density at radius 1 is 1.20 bits per heavy atom. The molecule has 6 nitrogen and oxygen atoms in total. The minimum Gasteiger partial charge on any atom is -0.340 e. The van der Waals surface area contributed by atoms with Crippen molar-refractivity contribution in [2.75, 3.05) is 38.5 Å². The van der Waals surface area contributed by atoms with Crippen molar-refractivity contribution in [3.63, 3.8) is 0 Å². The van der Waals surface area contributed by atoms with Crippen LogP contribution in [0.2, 0.25) is 0 Å². The second-order valence-electron chi connectivity index (χ2n) is 5.31. The summed E-state index contributed by atoms with van der Waals surface area (Å²) in [5.74, 6) is 0.505. The van der Waals surface area contributed by atoms with Crippen molar-refractivity contribution in [3.05, 3.63) is 0 Å². The van der Waals surface area contributed by atoms with E-state index in [-0.39, 0.29) is 17.6 Å². The highest BCUT2D eigenvalue weighted by Crippen LogP contribution is 2.13. The Balaban J connectivity index is 2.48. The highest BCUT2D eigenvalue weighted by atomic mass is 32.2. The molecule has 1 aliphatic heterocycles. The molecule has 0 aromatic heterocycles. The van der Waals surface area contributed by atoms with Crippen molar-refractivity contribution in [2.45, 2.75) is 33.1 Å². The van der Waals surface area contributed by atoms with Crippen LogP contribution in [0.1, 0.15) is 33.1 Å². The lowest BCUT2D eigenvalue weighted by atomic mass is 10.0. The van der Waals surface area contributed by atoms with E-state index in [0.717, 1.165) is 6.42 Å². The van der Waals surface area contributed by atoms with E-state index in [9.17, 15) is 13.2 Å². The van der Waals surface area contributed by atoms with E-state index in [2.05, 4.69) is 0 Å². The van der Waals surface area contributed by atoms with Gasteiger partial charge in [0.25, 0.3) is 0 Å². The van der Waals surface area contributed by atoms with Gasteiger partial charge in [0.2, 0.25) is 15.9 Å². The summed E-state index contributed by atoms with van der Waals surface area (Å²) in [4.78, 5) is 13.9. The van der Waals surface area contributed by atoms with Crippen molar-refractivity contribution in [3.8, 4) is 0 Å². The maximum Gasteiger partial charge on any atom is 0.222 e. The van der Waals surface area contributed by atoms with Gasteiger partial charge < -0.3 is 10.6 Å². The molecule has 118 valence electrons. The monoisotopic (exact) mass is 305 g/mol. The number of piperazine rings is 1. The second-order valence-corrected chi connectivity index (χ2v) is 7.40. The largest absolute Gasteiger partial charge is 0.340 e. The molecule has 0 spiro atoms. The van der Waals surface area contributed by atoms with Crippen LogP contribution in [0.5, 0.6) is 0 Å². The molecule has 0 aromatic carbocycles. The maximum atomic E-state index is 12.1. The maximum absolute atomic E-state index is 12.1. The summed E-state index contributed by atoms with van der Waals surface area (Å²) < 4.78 is 25.4. The third kappa shape index (κ3) is 4.71. The number of sulfonamides is 1. The molecule has 2 N–H and O–H groups in total. The number of carbonyl (C=O) groups is 1. The first kappa shape index (κ1) is 17.4. The lowest BCUT2D eigenvalue weighted by molar-refractivity contribution is -0.133. The summed E-state index contributed by atoms with van der Waals surface area (Å²) in [6.45, 7) is 6.20. The van der Waals surface area contributed by atoms with Gasteiger partial charge in [-0.05, 0) is 18.9 Å². The van der Waals surface area contributed by atoms with Crippen molar-refractivity contribution in [2.24, 2.45) is 11.7 Å². The van der Waals surface area contributed by atoms with Crippen molar-refractivity contribution in [1.82, 2.24) is 9.21 Å². The smallest absolute Gasteiger partial charge is 0.222 e. The van der Waals surface area contributed by atoms with Gasteiger partial charge in [0, 0.05) is 32.6 Å². The standard InChI is InChI=1S/C13H27N3O3S/c1-3-9-20(18,19)16-7-5-15(6-8-16)13(17)10-12(4-2)11-14/h12H,3-11,14H2,1-2H3. The molecular formula is C13H27N3O3S. The molecule has 1 aliphatic rings.